The maximum Gasteiger partial charge on any atom is 0.305 e. The van der Waals surface area contributed by atoms with Gasteiger partial charge in [0.2, 0.25) is 10.0 Å². The van der Waals surface area contributed by atoms with Gasteiger partial charge in [-0.1, -0.05) is 84.9 Å². The number of hydrogen-bond donors (Lipinski definition) is 1. The quantitative estimate of drug-likeness (QED) is 0.126. The van der Waals surface area contributed by atoms with Gasteiger partial charge in [0.05, 0.1) is 31.4 Å². The first-order valence-electron chi connectivity index (χ1n) is 14.8. The summed E-state index contributed by atoms with van der Waals surface area (Å²) >= 11 is 0. The highest BCUT2D eigenvalue weighted by atomic mass is 32.2. The Hall–Kier alpha value is -3.85. The number of rotatable bonds is 11. The summed E-state index contributed by atoms with van der Waals surface area (Å²) < 4.78 is 41.9. The van der Waals surface area contributed by atoms with Crippen LogP contribution >= 0.6 is 0 Å². The number of fused-ring (bicyclic) bond motifs is 3. The second-order valence-electron chi connectivity index (χ2n) is 11.4. The second-order valence-corrected chi connectivity index (χ2v) is 13.1. The van der Waals surface area contributed by atoms with E-state index in [0.29, 0.717) is 31.4 Å². The van der Waals surface area contributed by atoms with E-state index in [9.17, 15) is 13.2 Å². The van der Waals surface area contributed by atoms with Crippen molar-refractivity contribution in [2.24, 2.45) is 5.92 Å². The highest BCUT2D eigenvalue weighted by molar-refractivity contribution is 7.89. The van der Waals surface area contributed by atoms with E-state index in [-0.39, 0.29) is 28.3 Å². The van der Waals surface area contributed by atoms with Gasteiger partial charge in [-0.25, -0.2) is 13.1 Å². The zero-order chi connectivity index (χ0) is 29.9. The lowest BCUT2D eigenvalue weighted by Gasteiger charge is -2.39. The third-order valence-electron chi connectivity index (χ3n) is 8.94. The lowest BCUT2D eigenvalue weighted by molar-refractivity contribution is -0.140. The Bertz CT molecular complexity index is 1720. The molecule has 7 nitrogen and oxygen atoms in total. The Morgan fingerprint density at radius 2 is 1.77 bits per heavy atom. The summed E-state index contributed by atoms with van der Waals surface area (Å²) in [4.78, 5) is 16.1. The van der Waals surface area contributed by atoms with Crippen LogP contribution < -0.4 is 4.72 Å². The molecule has 0 unspecified atom stereocenters. The standard InChI is InChI=1S/C35H36N2O5S/c1-41-32(38)17-8-3-2-7-15-29-34(37-43(39,40)31-16-9-13-27-14-10-22-36-33(27)31)30-23-35(29,24-42-30)28-20-18-26(19-21-28)25-11-5-4-6-12-25/h2,4-7,9-14,16,18-22,29-30,34,37H,3,8,15,17,23-24H2,1H3/b7-2-/t29-,30-,34-,35-/m0/s1. The van der Waals surface area contributed by atoms with Crippen molar-refractivity contribution in [3.05, 3.63) is 109 Å². The Kier molecular flexibility index (Phi) is 8.43. The second kappa shape index (κ2) is 12.4. The molecule has 6 rings (SSSR count). The molecular formula is C35H36N2O5S. The van der Waals surface area contributed by atoms with Gasteiger partial charge in [-0.2, -0.15) is 0 Å². The van der Waals surface area contributed by atoms with Gasteiger partial charge < -0.3 is 9.47 Å². The minimum absolute atomic E-state index is 0.0246. The number of methoxy groups -OCH3 is 1. The zero-order valence-electron chi connectivity index (χ0n) is 24.2. The van der Waals surface area contributed by atoms with Crippen molar-refractivity contribution in [2.75, 3.05) is 13.7 Å². The molecule has 2 heterocycles. The summed E-state index contributed by atoms with van der Waals surface area (Å²) in [6.07, 6.45) is 8.83. The van der Waals surface area contributed by atoms with Crippen LogP contribution in [0.4, 0.5) is 0 Å². The van der Waals surface area contributed by atoms with E-state index in [4.69, 9.17) is 9.47 Å². The van der Waals surface area contributed by atoms with Gasteiger partial charge in [0.15, 0.2) is 0 Å². The average molecular weight is 597 g/mol. The highest BCUT2D eigenvalue weighted by Crippen LogP contribution is 2.54. The molecule has 2 aliphatic rings. The van der Waals surface area contributed by atoms with Crippen LogP contribution in [0.15, 0.2) is 108 Å². The van der Waals surface area contributed by atoms with E-state index in [0.717, 1.165) is 34.9 Å². The van der Waals surface area contributed by atoms with Gasteiger partial charge in [0.1, 0.15) is 4.90 Å². The Morgan fingerprint density at radius 1 is 1.00 bits per heavy atom. The Labute approximate surface area is 253 Å². The molecule has 3 aromatic carbocycles. The number of nitrogens with zero attached hydrogens (tertiary/aromatic N) is 1. The number of ether oxygens (including phenoxy) is 2. The van der Waals surface area contributed by atoms with Gasteiger partial charge in [-0.15, -0.1) is 0 Å². The zero-order valence-corrected chi connectivity index (χ0v) is 25.0. The SMILES string of the molecule is COC(=O)CCC/C=C\C[C@H]1[C@H](NS(=O)(=O)c2cccc3cccnc23)[C@@H]2C[C@@]1(c1ccc(-c3ccccc3)cc1)CO2. The van der Waals surface area contributed by atoms with E-state index in [1.807, 2.05) is 30.3 Å². The van der Waals surface area contributed by atoms with Crippen molar-refractivity contribution in [3.63, 3.8) is 0 Å². The van der Waals surface area contributed by atoms with Crippen LogP contribution in [0.5, 0.6) is 0 Å². The number of sulfonamides is 1. The van der Waals surface area contributed by atoms with E-state index in [1.54, 1.807) is 24.4 Å². The number of carbonyl (C=O) groups excluding carboxylic acids is 1. The number of benzene rings is 3. The van der Waals surface area contributed by atoms with Gasteiger partial charge in [0, 0.05) is 23.4 Å². The molecule has 1 aliphatic heterocycles. The van der Waals surface area contributed by atoms with E-state index >= 15 is 0 Å². The largest absolute Gasteiger partial charge is 0.469 e. The van der Waals surface area contributed by atoms with Crippen molar-refractivity contribution in [2.45, 2.75) is 54.6 Å². The maximum absolute atomic E-state index is 13.9. The summed E-state index contributed by atoms with van der Waals surface area (Å²) in [5.41, 5.74) is 3.57. The number of unbranched alkanes of at least 4 members (excludes halogenated alkanes) is 1. The molecule has 0 amide bonds. The fraction of sp³-hybridized carbons (Fsp3) is 0.314. The van der Waals surface area contributed by atoms with E-state index < -0.39 is 16.1 Å². The van der Waals surface area contributed by atoms with Crippen LogP contribution in [0, 0.1) is 5.92 Å². The molecule has 4 atom stereocenters. The molecule has 0 spiro atoms. The van der Waals surface area contributed by atoms with Gasteiger partial charge in [-0.3, -0.25) is 9.78 Å². The number of allylic oxidation sites excluding steroid dienone is 2. The third kappa shape index (κ3) is 5.87. The summed E-state index contributed by atoms with van der Waals surface area (Å²) in [5.74, 6) is -0.239. The van der Waals surface area contributed by atoms with E-state index in [2.05, 4.69) is 58.3 Å². The molecule has 1 saturated carbocycles. The summed E-state index contributed by atoms with van der Waals surface area (Å²) in [7, 11) is -2.50. The normalized spacial score (nSPS) is 23.2. The van der Waals surface area contributed by atoms with Crippen molar-refractivity contribution < 1.29 is 22.7 Å². The molecule has 222 valence electrons. The predicted molar refractivity (Wildman–Crippen MR) is 167 cm³/mol. The van der Waals surface area contributed by atoms with Crippen molar-refractivity contribution in [3.8, 4) is 11.1 Å². The fourth-order valence-corrected chi connectivity index (χ4v) is 8.24. The molecule has 43 heavy (non-hydrogen) atoms. The number of carbonyl (C=O) groups is 1. The van der Waals surface area contributed by atoms with Crippen LogP contribution in [-0.4, -0.2) is 45.2 Å². The van der Waals surface area contributed by atoms with Crippen molar-refractivity contribution in [1.82, 2.24) is 9.71 Å². The summed E-state index contributed by atoms with van der Waals surface area (Å²) in [5, 5.41) is 0.774. The molecular weight excluding hydrogens is 560 g/mol. The van der Waals surface area contributed by atoms with E-state index in [1.165, 1.54) is 7.11 Å². The van der Waals surface area contributed by atoms with Crippen LogP contribution in [0.1, 0.15) is 37.7 Å². The van der Waals surface area contributed by atoms with Crippen LogP contribution in [0.3, 0.4) is 0 Å². The third-order valence-corrected chi connectivity index (χ3v) is 10.4. The van der Waals surface area contributed by atoms with Crippen LogP contribution in [-0.2, 0) is 29.7 Å². The van der Waals surface area contributed by atoms with Gasteiger partial charge in [0.25, 0.3) is 0 Å². The molecule has 2 fully saturated rings. The number of aromatic nitrogens is 1. The first-order chi connectivity index (χ1) is 20.9. The Balaban J connectivity index is 1.29. The molecule has 1 N–H and O–H groups in total. The molecule has 1 saturated heterocycles. The number of para-hydroxylation sites is 1. The van der Waals surface area contributed by atoms with Gasteiger partial charge >= 0.3 is 5.97 Å². The van der Waals surface area contributed by atoms with Crippen LogP contribution in [0.2, 0.25) is 0 Å². The molecule has 8 heteroatoms. The monoisotopic (exact) mass is 596 g/mol. The lowest BCUT2D eigenvalue weighted by atomic mass is 9.70. The highest BCUT2D eigenvalue weighted by Gasteiger charge is 2.60. The molecule has 4 aromatic rings. The van der Waals surface area contributed by atoms with Gasteiger partial charge in [-0.05, 0) is 60.4 Å². The van der Waals surface area contributed by atoms with Crippen LogP contribution in [0.25, 0.3) is 22.0 Å². The summed E-state index contributed by atoms with van der Waals surface area (Å²) in [6.45, 7) is 0.539. The fourth-order valence-electron chi connectivity index (χ4n) is 6.76. The summed E-state index contributed by atoms with van der Waals surface area (Å²) in [6, 6.07) is 27.4. The molecule has 2 bridgehead atoms. The number of pyridine rings is 1. The first-order valence-corrected chi connectivity index (χ1v) is 16.2. The Morgan fingerprint density at radius 3 is 2.56 bits per heavy atom. The van der Waals surface area contributed by atoms with Crippen molar-refractivity contribution in [1.29, 1.82) is 0 Å². The first kappa shape index (κ1) is 29.2. The minimum atomic E-state index is -3.90. The molecule has 0 radical (unpaired) electrons. The maximum atomic E-state index is 13.9. The number of hydrogen-bond acceptors (Lipinski definition) is 6. The molecule has 1 aromatic heterocycles. The topological polar surface area (TPSA) is 94.6 Å². The predicted octanol–water partition coefficient (Wildman–Crippen LogP) is 6.20. The molecule has 1 aliphatic carbocycles. The minimum Gasteiger partial charge on any atom is -0.469 e. The number of esters is 1. The smallest absolute Gasteiger partial charge is 0.305 e. The lowest BCUT2D eigenvalue weighted by Crippen LogP contribution is -2.51. The van der Waals surface area contributed by atoms with Crippen molar-refractivity contribution >= 4 is 26.9 Å². The average Bonchev–Trinajstić information content (AvgIpc) is 3.61. The number of nitrogens with one attached hydrogen (secondary N) is 1.